The van der Waals surface area contributed by atoms with Crippen molar-refractivity contribution in [3.05, 3.63) is 107 Å². The molecule has 0 aliphatic carbocycles. The molecule has 0 aromatic heterocycles. The van der Waals surface area contributed by atoms with Crippen LogP contribution in [0.1, 0.15) is 31.8 Å². The van der Waals surface area contributed by atoms with Crippen LogP contribution in [-0.4, -0.2) is 32.0 Å². The summed E-state index contributed by atoms with van der Waals surface area (Å²) in [7, 11) is 0. The van der Waals surface area contributed by atoms with Gasteiger partial charge in [-0.3, -0.25) is 9.59 Å². The first-order valence-corrected chi connectivity index (χ1v) is 11.5. The number of ether oxygens (including phenoxy) is 2. The largest absolute Gasteiger partial charge is 0.508 e. The van der Waals surface area contributed by atoms with Gasteiger partial charge in [0.2, 0.25) is 11.6 Å². The molecule has 4 aromatic rings. The van der Waals surface area contributed by atoms with Gasteiger partial charge in [0.15, 0.2) is 11.5 Å². The van der Waals surface area contributed by atoms with Crippen molar-refractivity contribution in [3.8, 4) is 45.6 Å². The molecule has 6 rings (SSSR count). The predicted molar refractivity (Wildman–Crippen MR) is 137 cm³/mol. The van der Waals surface area contributed by atoms with Crippen molar-refractivity contribution >= 4 is 23.7 Å². The number of Topliss-reactive ketones (excluding diaryl/α,β-unsaturated/α-hetero) is 2. The predicted octanol–water partition coefficient (Wildman–Crippen LogP) is 5.41. The number of allylic oxidation sites excluding steroid dienone is 2. The van der Waals surface area contributed by atoms with Crippen LogP contribution in [0.15, 0.2) is 84.3 Å². The van der Waals surface area contributed by atoms with Gasteiger partial charge in [-0.05, 0) is 46.5 Å². The first-order valence-electron chi connectivity index (χ1n) is 11.5. The Morgan fingerprint density at radius 1 is 0.553 bits per heavy atom. The molecule has 4 aromatic carbocycles. The number of phenols is 4. The van der Waals surface area contributed by atoms with E-state index in [1.807, 2.05) is 36.4 Å². The van der Waals surface area contributed by atoms with Crippen LogP contribution >= 0.6 is 0 Å². The SMILES string of the molecule is O=C1/C(=C/c2cccc(-c3cccc(/C=C4\Oc5cc(O)cc(O)c5C4=O)c3)c2)Oc2cc(O)cc(O)c21. The van der Waals surface area contributed by atoms with E-state index in [4.69, 9.17) is 9.47 Å². The minimum atomic E-state index is -0.488. The van der Waals surface area contributed by atoms with E-state index in [0.29, 0.717) is 11.1 Å². The van der Waals surface area contributed by atoms with Crippen molar-refractivity contribution in [3.63, 3.8) is 0 Å². The van der Waals surface area contributed by atoms with Crippen molar-refractivity contribution in [1.82, 2.24) is 0 Å². The molecule has 2 aliphatic rings. The Kier molecular flexibility index (Phi) is 5.17. The van der Waals surface area contributed by atoms with Crippen LogP contribution < -0.4 is 9.47 Å². The van der Waals surface area contributed by atoms with Gasteiger partial charge in [-0.25, -0.2) is 0 Å². The summed E-state index contributed by atoms with van der Waals surface area (Å²) in [6.07, 6.45) is 3.11. The average Bonchev–Trinajstić information content (AvgIpc) is 3.35. The van der Waals surface area contributed by atoms with E-state index >= 15 is 0 Å². The number of phenolic OH excluding ortho intramolecular Hbond substituents is 4. The summed E-state index contributed by atoms with van der Waals surface area (Å²) in [6.45, 7) is 0. The lowest BCUT2D eigenvalue weighted by atomic mass is 9.99. The molecule has 0 amide bonds. The Hall–Kier alpha value is -5.50. The summed E-state index contributed by atoms with van der Waals surface area (Å²) >= 11 is 0. The summed E-state index contributed by atoms with van der Waals surface area (Å²) in [5.41, 5.74) is 3.00. The minimum absolute atomic E-state index is 0.000281. The normalized spacial score (nSPS) is 15.9. The van der Waals surface area contributed by atoms with E-state index in [0.717, 1.165) is 23.3 Å². The average molecular weight is 506 g/mol. The summed E-state index contributed by atoms with van der Waals surface area (Å²) in [5.74, 6) is -1.90. The summed E-state index contributed by atoms with van der Waals surface area (Å²) in [4.78, 5) is 25.5. The van der Waals surface area contributed by atoms with E-state index in [-0.39, 0.29) is 57.1 Å². The zero-order valence-electron chi connectivity index (χ0n) is 19.5. The number of hydrogen-bond acceptors (Lipinski definition) is 8. The number of ketones is 2. The minimum Gasteiger partial charge on any atom is -0.508 e. The van der Waals surface area contributed by atoms with Crippen LogP contribution in [0.25, 0.3) is 23.3 Å². The standard InChI is InChI=1S/C30H18O8/c31-19-11-21(33)27-23(13-19)37-25(29(27)35)9-15-3-1-5-17(7-15)18-6-2-4-16(8-18)10-26-30(36)28-22(34)12-20(32)14-24(28)38-26/h1-14,31-34H/b25-9-,26-10-. The third-order valence-corrected chi connectivity index (χ3v) is 6.18. The topological polar surface area (TPSA) is 134 Å². The smallest absolute Gasteiger partial charge is 0.235 e. The first-order chi connectivity index (χ1) is 18.3. The fourth-order valence-corrected chi connectivity index (χ4v) is 4.48. The molecule has 0 saturated heterocycles. The second kappa shape index (κ2) is 8.56. The third-order valence-electron chi connectivity index (χ3n) is 6.18. The molecule has 2 heterocycles. The highest BCUT2D eigenvalue weighted by atomic mass is 16.5. The first kappa shape index (κ1) is 22.9. The van der Waals surface area contributed by atoms with E-state index in [1.165, 1.54) is 12.1 Å². The second-order valence-corrected chi connectivity index (χ2v) is 8.81. The van der Waals surface area contributed by atoms with Gasteiger partial charge in [-0.2, -0.15) is 0 Å². The maximum atomic E-state index is 12.7. The molecule has 0 bridgehead atoms. The fraction of sp³-hybridized carbons (Fsp3) is 0. The lowest BCUT2D eigenvalue weighted by Crippen LogP contribution is -1.98. The molecule has 0 saturated carbocycles. The molecule has 0 unspecified atom stereocenters. The van der Waals surface area contributed by atoms with Gasteiger partial charge in [0.25, 0.3) is 0 Å². The number of rotatable bonds is 3. The quantitative estimate of drug-likeness (QED) is 0.271. The van der Waals surface area contributed by atoms with Crippen LogP contribution in [0.2, 0.25) is 0 Å². The molecule has 4 N–H and O–H groups in total. The highest BCUT2D eigenvalue weighted by Gasteiger charge is 2.32. The van der Waals surface area contributed by atoms with E-state index in [2.05, 4.69) is 0 Å². The van der Waals surface area contributed by atoms with Crippen molar-refractivity contribution in [1.29, 1.82) is 0 Å². The molecule has 0 atom stereocenters. The summed E-state index contributed by atoms with van der Waals surface area (Å²) < 4.78 is 11.2. The number of fused-ring (bicyclic) bond motifs is 2. The molecule has 0 fully saturated rings. The molecular weight excluding hydrogens is 488 g/mol. The molecule has 8 nitrogen and oxygen atoms in total. The zero-order valence-corrected chi connectivity index (χ0v) is 19.5. The molecule has 2 aliphatic heterocycles. The summed E-state index contributed by atoms with van der Waals surface area (Å²) in [6, 6.07) is 19.4. The lowest BCUT2D eigenvalue weighted by Gasteiger charge is -2.06. The van der Waals surface area contributed by atoms with Crippen molar-refractivity contribution in [2.75, 3.05) is 0 Å². The van der Waals surface area contributed by atoms with Gasteiger partial charge in [0.05, 0.1) is 0 Å². The van der Waals surface area contributed by atoms with Crippen LogP contribution in [0.3, 0.4) is 0 Å². The second-order valence-electron chi connectivity index (χ2n) is 8.81. The van der Waals surface area contributed by atoms with Crippen LogP contribution in [0.5, 0.6) is 34.5 Å². The van der Waals surface area contributed by atoms with Crippen LogP contribution in [0, 0.1) is 0 Å². The highest BCUT2D eigenvalue weighted by molar-refractivity contribution is 6.17. The third kappa shape index (κ3) is 3.90. The Morgan fingerprint density at radius 3 is 1.39 bits per heavy atom. The Bertz CT molecular complexity index is 1620. The van der Waals surface area contributed by atoms with Gasteiger partial charge in [-0.15, -0.1) is 0 Å². The van der Waals surface area contributed by atoms with Gasteiger partial charge < -0.3 is 29.9 Å². The van der Waals surface area contributed by atoms with Crippen molar-refractivity contribution < 1.29 is 39.5 Å². The lowest BCUT2D eigenvalue weighted by molar-refractivity contribution is 0.100. The molecule has 186 valence electrons. The number of aromatic hydroxyl groups is 4. The van der Waals surface area contributed by atoms with E-state index < -0.39 is 11.6 Å². The Morgan fingerprint density at radius 2 is 0.974 bits per heavy atom. The number of benzene rings is 4. The number of carbonyl (C=O) groups excluding carboxylic acids is 2. The molecule has 8 heteroatoms. The fourth-order valence-electron chi connectivity index (χ4n) is 4.48. The van der Waals surface area contributed by atoms with Crippen LogP contribution in [-0.2, 0) is 0 Å². The maximum absolute atomic E-state index is 12.7. The van der Waals surface area contributed by atoms with Gasteiger partial charge in [0.1, 0.15) is 45.6 Å². The Labute approximate surface area is 215 Å². The van der Waals surface area contributed by atoms with Gasteiger partial charge in [-0.1, -0.05) is 36.4 Å². The van der Waals surface area contributed by atoms with Gasteiger partial charge in [0, 0.05) is 24.3 Å². The Balaban J connectivity index is 1.29. The van der Waals surface area contributed by atoms with E-state index in [9.17, 15) is 30.0 Å². The zero-order chi connectivity index (χ0) is 26.6. The maximum Gasteiger partial charge on any atom is 0.235 e. The molecule has 0 radical (unpaired) electrons. The monoisotopic (exact) mass is 506 g/mol. The molecule has 38 heavy (non-hydrogen) atoms. The number of carbonyl (C=O) groups is 2. The highest BCUT2D eigenvalue weighted by Crippen LogP contribution is 2.42. The van der Waals surface area contributed by atoms with Gasteiger partial charge >= 0.3 is 0 Å². The molecular formula is C30H18O8. The summed E-state index contributed by atoms with van der Waals surface area (Å²) in [5, 5.41) is 39.4. The van der Waals surface area contributed by atoms with Crippen molar-refractivity contribution in [2.24, 2.45) is 0 Å². The van der Waals surface area contributed by atoms with Crippen molar-refractivity contribution in [2.45, 2.75) is 0 Å². The van der Waals surface area contributed by atoms with E-state index in [1.54, 1.807) is 24.3 Å². The number of hydrogen-bond donors (Lipinski definition) is 4. The molecule has 0 spiro atoms. The van der Waals surface area contributed by atoms with Crippen LogP contribution in [0.4, 0.5) is 0 Å².